The standard InChI is InChI=1S/C15H22O4/c1-8-4-5-11-10(9(2)14(18)19)7-13(17)15(11,3)12(16)6-8/h4,11-13,16-17H,5-7H2,1-3H3,(H,18,19)/b10-9+/t11-,12+,13-,15-/m1/s1. The summed E-state index contributed by atoms with van der Waals surface area (Å²) in [6.45, 7) is 5.43. The van der Waals surface area contributed by atoms with Crippen molar-refractivity contribution in [2.45, 2.75) is 52.2 Å². The summed E-state index contributed by atoms with van der Waals surface area (Å²) in [6, 6.07) is 0. The average Bonchev–Trinajstić information content (AvgIpc) is 2.52. The quantitative estimate of drug-likeness (QED) is 0.500. The molecule has 2 rings (SSSR count). The van der Waals surface area contributed by atoms with Crippen LogP contribution in [0.3, 0.4) is 0 Å². The Morgan fingerprint density at radius 3 is 2.47 bits per heavy atom. The lowest BCUT2D eigenvalue weighted by atomic mass is 9.71. The molecule has 0 spiro atoms. The van der Waals surface area contributed by atoms with Crippen molar-refractivity contribution < 1.29 is 20.1 Å². The molecule has 3 N–H and O–H groups in total. The molecule has 0 saturated heterocycles. The Balaban J connectivity index is 2.51. The Labute approximate surface area is 113 Å². The maximum absolute atomic E-state index is 11.2. The number of aliphatic hydroxyl groups is 2. The van der Waals surface area contributed by atoms with Gasteiger partial charge in [-0.1, -0.05) is 24.1 Å². The first-order valence-electron chi connectivity index (χ1n) is 6.73. The molecule has 0 heterocycles. The molecule has 0 aromatic heterocycles. The number of aliphatic carboxylic acids is 1. The summed E-state index contributed by atoms with van der Waals surface area (Å²) in [6.07, 6.45) is 2.33. The van der Waals surface area contributed by atoms with Gasteiger partial charge in [-0.2, -0.15) is 0 Å². The molecule has 0 aromatic rings. The smallest absolute Gasteiger partial charge is 0.331 e. The number of aliphatic hydroxyl groups excluding tert-OH is 2. The second kappa shape index (κ2) is 4.76. The van der Waals surface area contributed by atoms with Crippen LogP contribution in [0.1, 0.15) is 40.0 Å². The summed E-state index contributed by atoms with van der Waals surface area (Å²) in [7, 11) is 0. The van der Waals surface area contributed by atoms with Gasteiger partial charge in [0.1, 0.15) is 0 Å². The number of allylic oxidation sites excluding steroid dienone is 1. The Hall–Kier alpha value is -1.13. The minimum atomic E-state index is -0.939. The van der Waals surface area contributed by atoms with Gasteiger partial charge in [0.05, 0.1) is 12.2 Å². The van der Waals surface area contributed by atoms with Crippen molar-refractivity contribution in [1.82, 2.24) is 0 Å². The summed E-state index contributed by atoms with van der Waals surface area (Å²) in [5.41, 5.74) is 1.54. The van der Waals surface area contributed by atoms with Crippen molar-refractivity contribution in [3.63, 3.8) is 0 Å². The minimum Gasteiger partial charge on any atom is -0.478 e. The molecule has 2 aliphatic carbocycles. The topological polar surface area (TPSA) is 77.8 Å². The fourth-order valence-corrected chi connectivity index (χ4v) is 3.51. The van der Waals surface area contributed by atoms with Crippen LogP contribution < -0.4 is 0 Å². The van der Waals surface area contributed by atoms with E-state index in [4.69, 9.17) is 0 Å². The van der Waals surface area contributed by atoms with Crippen LogP contribution >= 0.6 is 0 Å². The molecule has 1 fully saturated rings. The van der Waals surface area contributed by atoms with E-state index in [1.807, 2.05) is 13.8 Å². The van der Waals surface area contributed by atoms with Crippen LogP contribution in [0.4, 0.5) is 0 Å². The van der Waals surface area contributed by atoms with Crippen molar-refractivity contribution in [2.75, 3.05) is 0 Å². The van der Waals surface area contributed by atoms with Gasteiger partial charge in [-0.3, -0.25) is 0 Å². The predicted molar refractivity (Wildman–Crippen MR) is 71.6 cm³/mol. The SMILES string of the molecule is CC1=CC[C@@H]2/C(=C(\C)C(=O)O)C[C@@H](O)[C@@]2(C)[C@@H](O)C1. The van der Waals surface area contributed by atoms with Gasteiger partial charge in [0.15, 0.2) is 0 Å². The Morgan fingerprint density at radius 2 is 1.89 bits per heavy atom. The molecule has 0 aromatic carbocycles. The summed E-state index contributed by atoms with van der Waals surface area (Å²) in [5.74, 6) is -1.03. The van der Waals surface area contributed by atoms with Gasteiger partial charge >= 0.3 is 5.97 Å². The highest BCUT2D eigenvalue weighted by molar-refractivity contribution is 5.87. The molecule has 4 heteroatoms. The summed E-state index contributed by atoms with van der Waals surface area (Å²) >= 11 is 0. The first kappa shape index (κ1) is 14.3. The highest BCUT2D eigenvalue weighted by Crippen LogP contribution is 2.54. The summed E-state index contributed by atoms with van der Waals surface area (Å²) in [5, 5.41) is 30.0. The molecule has 0 aliphatic heterocycles. The lowest BCUT2D eigenvalue weighted by molar-refractivity contribution is -0.132. The minimum absolute atomic E-state index is 0.0916. The van der Waals surface area contributed by atoms with E-state index in [1.54, 1.807) is 6.92 Å². The van der Waals surface area contributed by atoms with Crippen molar-refractivity contribution >= 4 is 5.97 Å². The molecule has 4 nitrogen and oxygen atoms in total. The van der Waals surface area contributed by atoms with E-state index in [2.05, 4.69) is 6.08 Å². The van der Waals surface area contributed by atoms with Crippen LogP contribution in [-0.4, -0.2) is 33.5 Å². The van der Waals surface area contributed by atoms with Crippen molar-refractivity contribution in [1.29, 1.82) is 0 Å². The first-order valence-corrected chi connectivity index (χ1v) is 6.73. The number of fused-ring (bicyclic) bond motifs is 1. The van der Waals surface area contributed by atoms with E-state index in [1.165, 1.54) is 0 Å². The molecular formula is C15H22O4. The van der Waals surface area contributed by atoms with E-state index in [0.717, 1.165) is 11.1 Å². The lowest BCUT2D eigenvalue weighted by Crippen LogP contribution is -2.43. The van der Waals surface area contributed by atoms with Crippen molar-refractivity contribution in [2.24, 2.45) is 11.3 Å². The molecule has 0 unspecified atom stereocenters. The van der Waals surface area contributed by atoms with Crippen LogP contribution in [0.2, 0.25) is 0 Å². The fourth-order valence-electron chi connectivity index (χ4n) is 3.51. The zero-order chi connectivity index (χ0) is 14.4. The van der Waals surface area contributed by atoms with Crippen molar-refractivity contribution in [3.05, 3.63) is 22.8 Å². The van der Waals surface area contributed by atoms with E-state index >= 15 is 0 Å². The van der Waals surface area contributed by atoms with Gasteiger partial charge in [0.2, 0.25) is 0 Å². The van der Waals surface area contributed by atoms with Gasteiger partial charge in [0.25, 0.3) is 0 Å². The number of carboxylic acid groups (broad SMARTS) is 1. The van der Waals surface area contributed by atoms with Gasteiger partial charge in [-0.15, -0.1) is 0 Å². The first-order chi connectivity index (χ1) is 8.78. The van der Waals surface area contributed by atoms with E-state index in [0.29, 0.717) is 24.8 Å². The van der Waals surface area contributed by atoms with Gasteiger partial charge in [-0.05, 0) is 39.0 Å². The molecule has 0 radical (unpaired) electrons. The number of carboxylic acids is 1. The van der Waals surface area contributed by atoms with E-state index in [9.17, 15) is 20.1 Å². The van der Waals surface area contributed by atoms with Crippen LogP contribution in [0.15, 0.2) is 22.8 Å². The Morgan fingerprint density at radius 1 is 1.32 bits per heavy atom. The highest BCUT2D eigenvalue weighted by Gasteiger charge is 2.53. The van der Waals surface area contributed by atoms with Crippen LogP contribution in [0.25, 0.3) is 0 Å². The van der Waals surface area contributed by atoms with Gasteiger partial charge < -0.3 is 15.3 Å². The zero-order valence-corrected chi connectivity index (χ0v) is 11.7. The maximum Gasteiger partial charge on any atom is 0.331 e. The summed E-state index contributed by atoms with van der Waals surface area (Å²) < 4.78 is 0. The Kier molecular flexibility index (Phi) is 3.58. The predicted octanol–water partition coefficient (Wildman–Crippen LogP) is 1.88. The molecule has 0 bridgehead atoms. The van der Waals surface area contributed by atoms with Crippen molar-refractivity contribution in [3.8, 4) is 0 Å². The number of rotatable bonds is 1. The second-order valence-corrected chi connectivity index (χ2v) is 6.10. The highest BCUT2D eigenvalue weighted by atomic mass is 16.4. The fraction of sp³-hybridized carbons (Fsp3) is 0.667. The van der Waals surface area contributed by atoms with E-state index < -0.39 is 23.6 Å². The zero-order valence-electron chi connectivity index (χ0n) is 11.7. The summed E-state index contributed by atoms with van der Waals surface area (Å²) in [4.78, 5) is 11.2. The molecule has 19 heavy (non-hydrogen) atoms. The van der Waals surface area contributed by atoms with Crippen LogP contribution in [0, 0.1) is 11.3 Å². The molecule has 4 atom stereocenters. The Bertz CT molecular complexity index is 463. The second-order valence-electron chi connectivity index (χ2n) is 6.10. The maximum atomic E-state index is 11.2. The number of hydrogen-bond acceptors (Lipinski definition) is 3. The third-order valence-corrected chi connectivity index (χ3v) is 5.04. The third kappa shape index (κ3) is 2.13. The lowest BCUT2D eigenvalue weighted by Gasteiger charge is -2.37. The van der Waals surface area contributed by atoms with Crippen LogP contribution in [0.5, 0.6) is 0 Å². The van der Waals surface area contributed by atoms with Gasteiger partial charge in [0, 0.05) is 11.0 Å². The molecule has 2 aliphatic rings. The molecule has 0 amide bonds. The monoisotopic (exact) mass is 266 g/mol. The van der Waals surface area contributed by atoms with Gasteiger partial charge in [-0.25, -0.2) is 4.79 Å². The molecular weight excluding hydrogens is 244 g/mol. The third-order valence-electron chi connectivity index (χ3n) is 5.04. The largest absolute Gasteiger partial charge is 0.478 e. The average molecular weight is 266 g/mol. The van der Waals surface area contributed by atoms with Crippen LogP contribution in [-0.2, 0) is 4.79 Å². The number of hydrogen-bond donors (Lipinski definition) is 3. The normalized spacial score (nSPS) is 41.3. The molecule has 106 valence electrons. The number of carbonyl (C=O) groups is 1. The van der Waals surface area contributed by atoms with E-state index in [-0.39, 0.29) is 5.92 Å². The molecule has 1 saturated carbocycles.